The summed E-state index contributed by atoms with van der Waals surface area (Å²) in [5, 5.41) is 4.83. The van der Waals surface area contributed by atoms with E-state index in [1.165, 1.54) is 0 Å². The predicted molar refractivity (Wildman–Crippen MR) is 89.2 cm³/mol. The van der Waals surface area contributed by atoms with Crippen LogP contribution in [0, 0.1) is 6.92 Å². The molecule has 0 amide bonds. The van der Waals surface area contributed by atoms with E-state index in [9.17, 15) is 0 Å². The largest absolute Gasteiger partial charge is 0.358 e. The molecule has 0 aliphatic rings. The van der Waals surface area contributed by atoms with Crippen molar-refractivity contribution < 1.29 is 4.74 Å². The zero-order valence-electron chi connectivity index (χ0n) is 12.8. The number of aromatic nitrogens is 4. The highest BCUT2D eigenvalue weighted by Gasteiger charge is 2.11. The second-order valence-electron chi connectivity index (χ2n) is 5.68. The minimum absolute atomic E-state index is 0.397. The zero-order chi connectivity index (χ0) is 15.5. The highest BCUT2D eigenvalue weighted by molar-refractivity contribution is 8.32. The van der Waals surface area contributed by atoms with E-state index < -0.39 is 10.0 Å². The Labute approximate surface area is 132 Å². The van der Waals surface area contributed by atoms with Gasteiger partial charge in [-0.05, 0) is 37.8 Å². The third kappa shape index (κ3) is 4.98. The second-order valence-corrected chi connectivity index (χ2v) is 10.7. The van der Waals surface area contributed by atoms with E-state index in [1.807, 2.05) is 13.0 Å². The molecular formula is C14H21ClN4OS. The van der Waals surface area contributed by atoms with Crippen molar-refractivity contribution in [2.24, 2.45) is 0 Å². The van der Waals surface area contributed by atoms with Crippen LogP contribution in [0.5, 0.6) is 0 Å². The molecule has 0 saturated heterocycles. The first-order valence-corrected chi connectivity index (χ1v) is 10.0. The molecule has 0 bridgehead atoms. The molecule has 0 N–H and O–H groups in total. The molecule has 116 valence electrons. The van der Waals surface area contributed by atoms with Gasteiger partial charge in [0.25, 0.3) is 0 Å². The Balaban J connectivity index is 2.05. The van der Waals surface area contributed by atoms with Crippen LogP contribution in [0.4, 0.5) is 0 Å². The first kappa shape index (κ1) is 16.3. The van der Waals surface area contributed by atoms with E-state index in [0.29, 0.717) is 17.7 Å². The molecule has 2 rings (SSSR count). The van der Waals surface area contributed by atoms with Crippen LogP contribution in [-0.2, 0) is 11.5 Å². The third-order valence-corrected chi connectivity index (χ3v) is 4.43. The van der Waals surface area contributed by atoms with Crippen LogP contribution in [0.2, 0.25) is 5.15 Å². The van der Waals surface area contributed by atoms with Gasteiger partial charge >= 0.3 is 0 Å². The second kappa shape index (κ2) is 6.77. The van der Waals surface area contributed by atoms with Gasteiger partial charge in [0.1, 0.15) is 17.7 Å². The lowest BCUT2D eigenvalue weighted by molar-refractivity contribution is 0.0818. The number of ether oxygens (including phenoxy) is 1. The first-order valence-electron chi connectivity index (χ1n) is 6.62. The SMILES string of the molecule is Cc1nc(-c2ccc(Cl)nc2)n(COCCS(C)(C)C)n1. The number of rotatable bonds is 6. The maximum Gasteiger partial charge on any atom is 0.162 e. The van der Waals surface area contributed by atoms with Gasteiger partial charge in [-0.2, -0.15) is 5.10 Å². The van der Waals surface area contributed by atoms with Gasteiger partial charge in [-0.3, -0.25) is 0 Å². The van der Waals surface area contributed by atoms with Crippen molar-refractivity contribution in [3.8, 4) is 11.4 Å². The van der Waals surface area contributed by atoms with E-state index in [0.717, 1.165) is 23.7 Å². The molecule has 0 radical (unpaired) electrons. The van der Waals surface area contributed by atoms with Gasteiger partial charge < -0.3 is 4.74 Å². The number of nitrogens with zero attached hydrogens (tertiary/aromatic N) is 4. The maximum atomic E-state index is 5.81. The van der Waals surface area contributed by atoms with Crippen molar-refractivity contribution in [2.45, 2.75) is 13.7 Å². The van der Waals surface area contributed by atoms with Gasteiger partial charge in [-0.25, -0.2) is 24.7 Å². The molecule has 0 aliphatic carbocycles. The molecule has 2 aromatic heterocycles. The predicted octanol–water partition coefficient (Wildman–Crippen LogP) is 2.97. The highest BCUT2D eigenvalue weighted by Crippen LogP contribution is 2.33. The zero-order valence-corrected chi connectivity index (χ0v) is 14.4. The van der Waals surface area contributed by atoms with Crippen LogP contribution in [0.25, 0.3) is 11.4 Å². The summed E-state index contributed by atoms with van der Waals surface area (Å²) in [6.45, 7) is 2.99. The van der Waals surface area contributed by atoms with E-state index in [2.05, 4.69) is 33.8 Å². The van der Waals surface area contributed by atoms with Crippen molar-refractivity contribution >= 4 is 21.6 Å². The molecule has 2 heterocycles. The van der Waals surface area contributed by atoms with E-state index >= 15 is 0 Å². The molecule has 7 heteroatoms. The van der Waals surface area contributed by atoms with Crippen molar-refractivity contribution in [3.05, 3.63) is 29.3 Å². The van der Waals surface area contributed by atoms with Gasteiger partial charge in [0.05, 0.1) is 6.61 Å². The van der Waals surface area contributed by atoms with Crippen molar-refractivity contribution in [1.29, 1.82) is 0 Å². The Hall–Kier alpha value is -1.11. The van der Waals surface area contributed by atoms with Crippen LogP contribution < -0.4 is 0 Å². The lowest BCUT2D eigenvalue weighted by atomic mass is 10.3. The van der Waals surface area contributed by atoms with Crippen LogP contribution in [0.1, 0.15) is 5.82 Å². The number of halogens is 1. The minimum Gasteiger partial charge on any atom is -0.358 e. The molecule has 0 unspecified atom stereocenters. The van der Waals surface area contributed by atoms with Crippen LogP contribution in [0.15, 0.2) is 18.3 Å². The maximum absolute atomic E-state index is 5.81. The average molecular weight is 329 g/mol. The Kier molecular flexibility index (Phi) is 5.24. The summed E-state index contributed by atoms with van der Waals surface area (Å²) in [5.41, 5.74) is 0.880. The Morgan fingerprint density at radius 1 is 1.29 bits per heavy atom. The lowest BCUT2D eigenvalue weighted by Gasteiger charge is -2.24. The molecule has 5 nitrogen and oxygen atoms in total. The standard InChI is InChI=1S/C14H21ClN4OS/c1-11-17-14(12-5-6-13(15)16-9-12)19(18-11)10-20-7-8-21(2,3)4/h5-6,9H,7-8,10H2,1-4H3. The molecule has 2 aromatic rings. The van der Waals surface area contributed by atoms with Gasteiger partial charge in [-0.1, -0.05) is 11.6 Å². The van der Waals surface area contributed by atoms with Crippen LogP contribution in [-0.4, -0.2) is 50.9 Å². The quantitative estimate of drug-likeness (QED) is 0.604. The van der Waals surface area contributed by atoms with E-state index in [4.69, 9.17) is 16.3 Å². The minimum atomic E-state index is -0.535. The molecule has 0 atom stereocenters. The van der Waals surface area contributed by atoms with Gasteiger partial charge in [-0.15, -0.1) is 0 Å². The summed E-state index contributed by atoms with van der Waals surface area (Å²) in [6, 6.07) is 3.63. The molecule has 0 saturated carbocycles. The number of pyridine rings is 1. The van der Waals surface area contributed by atoms with Crippen molar-refractivity contribution in [1.82, 2.24) is 19.7 Å². The van der Waals surface area contributed by atoms with Crippen molar-refractivity contribution in [3.63, 3.8) is 0 Å². The molecule has 0 aromatic carbocycles. The highest BCUT2D eigenvalue weighted by atomic mass is 35.5. The fourth-order valence-corrected chi connectivity index (χ4v) is 2.46. The normalized spacial score (nSPS) is 12.6. The Bertz CT molecular complexity index is 592. The molecule has 0 spiro atoms. The summed E-state index contributed by atoms with van der Waals surface area (Å²) >= 11 is 5.81. The van der Waals surface area contributed by atoms with Crippen LogP contribution >= 0.6 is 21.6 Å². The fraction of sp³-hybridized carbons (Fsp3) is 0.500. The average Bonchev–Trinajstić information content (AvgIpc) is 2.76. The summed E-state index contributed by atoms with van der Waals surface area (Å²) < 4.78 is 7.49. The summed E-state index contributed by atoms with van der Waals surface area (Å²) in [5.74, 6) is 2.54. The topological polar surface area (TPSA) is 52.8 Å². The van der Waals surface area contributed by atoms with Gasteiger partial charge in [0, 0.05) is 17.5 Å². The fourth-order valence-electron chi connectivity index (χ4n) is 1.73. The summed E-state index contributed by atoms with van der Waals surface area (Å²) in [4.78, 5) is 8.51. The lowest BCUT2D eigenvalue weighted by Crippen LogP contribution is -2.11. The van der Waals surface area contributed by atoms with Gasteiger partial charge in [0.2, 0.25) is 0 Å². The van der Waals surface area contributed by atoms with E-state index in [-0.39, 0.29) is 0 Å². The number of aryl methyl sites for hydroxylation is 1. The smallest absolute Gasteiger partial charge is 0.162 e. The number of hydrogen-bond acceptors (Lipinski definition) is 4. The van der Waals surface area contributed by atoms with E-state index in [1.54, 1.807) is 16.9 Å². The monoisotopic (exact) mass is 328 g/mol. The Morgan fingerprint density at radius 2 is 2.05 bits per heavy atom. The van der Waals surface area contributed by atoms with Crippen molar-refractivity contribution in [2.75, 3.05) is 31.1 Å². The molecule has 21 heavy (non-hydrogen) atoms. The molecular weight excluding hydrogens is 308 g/mol. The van der Waals surface area contributed by atoms with Gasteiger partial charge in [0.15, 0.2) is 5.82 Å². The van der Waals surface area contributed by atoms with Crippen LogP contribution in [0.3, 0.4) is 0 Å². The third-order valence-electron chi connectivity index (χ3n) is 2.82. The Morgan fingerprint density at radius 3 is 2.67 bits per heavy atom. The molecule has 0 aliphatic heterocycles. The first-order chi connectivity index (χ1) is 9.85. The number of hydrogen-bond donors (Lipinski definition) is 0. The summed E-state index contributed by atoms with van der Waals surface area (Å²) in [7, 11) is -0.535. The molecule has 0 fully saturated rings. The summed E-state index contributed by atoms with van der Waals surface area (Å²) in [6.07, 6.45) is 8.53.